The Kier molecular flexibility index (Phi) is 6.58. The number of carbonyl (C=O) groups is 1. The van der Waals surface area contributed by atoms with E-state index in [-0.39, 0.29) is 17.8 Å². The molecule has 19 heavy (non-hydrogen) atoms. The lowest BCUT2D eigenvalue weighted by molar-refractivity contribution is 0.0896. The molecular weight excluding hydrogens is 264 g/mol. The molecule has 7 heteroatoms. The molecule has 0 saturated carbocycles. The highest BCUT2D eigenvalue weighted by atomic mass is 32.1. The van der Waals surface area contributed by atoms with Crippen LogP contribution < -0.4 is 16.4 Å². The number of nitrogens with one attached hydrogen (secondary N) is 2. The number of carbonyl (C=O) groups excluding carboxylic acids is 1. The highest BCUT2D eigenvalue weighted by Crippen LogP contribution is 2.24. The van der Waals surface area contributed by atoms with Crippen LogP contribution in [0, 0.1) is 0 Å². The van der Waals surface area contributed by atoms with Gasteiger partial charge in [0.2, 0.25) is 0 Å². The molecular formula is C12H22N4O2S. The number of hydrogen-bond acceptors (Lipinski definition) is 6. The molecule has 1 aromatic heterocycles. The first-order chi connectivity index (χ1) is 9.12. The maximum Gasteiger partial charge on any atom is 0.265 e. The summed E-state index contributed by atoms with van der Waals surface area (Å²) in [5.41, 5.74) is 5.76. The van der Waals surface area contributed by atoms with Crippen LogP contribution in [-0.4, -0.2) is 37.2 Å². The first-order valence-corrected chi connectivity index (χ1v) is 7.23. The Labute approximate surface area is 117 Å². The Morgan fingerprint density at radius 1 is 1.53 bits per heavy atom. The van der Waals surface area contributed by atoms with Crippen molar-refractivity contribution in [1.82, 2.24) is 10.3 Å². The van der Waals surface area contributed by atoms with E-state index in [4.69, 9.17) is 10.5 Å². The third-order valence-electron chi connectivity index (χ3n) is 2.53. The van der Waals surface area contributed by atoms with Gasteiger partial charge in [0.1, 0.15) is 10.7 Å². The van der Waals surface area contributed by atoms with Gasteiger partial charge in [-0.25, -0.2) is 4.98 Å². The number of rotatable bonds is 8. The van der Waals surface area contributed by atoms with E-state index in [9.17, 15) is 4.79 Å². The third kappa shape index (κ3) is 4.68. The van der Waals surface area contributed by atoms with Crippen LogP contribution in [0.1, 0.15) is 36.4 Å². The zero-order valence-electron chi connectivity index (χ0n) is 11.7. The monoisotopic (exact) mass is 286 g/mol. The zero-order valence-corrected chi connectivity index (χ0v) is 12.5. The van der Waals surface area contributed by atoms with Gasteiger partial charge < -0.3 is 21.1 Å². The van der Waals surface area contributed by atoms with Crippen molar-refractivity contribution >= 4 is 28.2 Å². The number of nitrogen functional groups attached to an aromatic ring is 1. The molecule has 0 radical (unpaired) electrons. The Morgan fingerprint density at radius 2 is 2.26 bits per heavy atom. The van der Waals surface area contributed by atoms with Crippen molar-refractivity contribution < 1.29 is 9.53 Å². The molecule has 1 aromatic rings. The molecule has 1 amide bonds. The molecule has 0 spiro atoms. The number of methoxy groups -OCH3 is 1. The van der Waals surface area contributed by atoms with E-state index in [1.54, 1.807) is 7.11 Å². The van der Waals surface area contributed by atoms with E-state index < -0.39 is 0 Å². The summed E-state index contributed by atoms with van der Waals surface area (Å²) < 4.78 is 5.10. The Morgan fingerprint density at radius 3 is 2.84 bits per heavy atom. The van der Waals surface area contributed by atoms with Crippen LogP contribution in [0.4, 0.5) is 10.9 Å². The van der Waals surface area contributed by atoms with Crippen LogP contribution in [0.2, 0.25) is 0 Å². The van der Waals surface area contributed by atoms with Crippen molar-refractivity contribution in [3.05, 3.63) is 4.88 Å². The summed E-state index contributed by atoms with van der Waals surface area (Å²) in [5, 5.41) is 6.65. The largest absolute Gasteiger partial charge is 0.383 e. The van der Waals surface area contributed by atoms with Crippen LogP contribution >= 0.6 is 11.3 Å². The lowest BCUT2D eigenvalue weighted by Crippen LogP contribution is -2.37. The smallest absolute Gasteiger partial charge is 0.265 e. The number of anilines is 2. The van der Waals surface area contributed by atoms with Gasteiger partial charge in [0, 0.05) is 13.7 Å². The molecule has 0 aliphatic carbocycles. The van der Waals surface area contributed by atoms with Crippen molar-refractivity contribution in [1.29, 1.82) is 0 Å². The van der Waals surface area contributed by atoms with Crippen molar-refractivity contribution in [3.8, 4) is 0 Å². The standard InChI is InChI=1S/C12H22N4O2S/c1-4-6-8(7-18-3)15-11(17)9-10(13)16-12(19-9)14-5-2/h8H,4-7,13H2,1-3H3,(H,14,16)(H,15,17). The summed E-state index contributed by atoms with van der Waals surface area (Å²) in [5.74, 6) is 0.0840. The molecule has 0 fully saturated rings. The SMILES string of the molecule is CCCC(COC)NC(=O)c1sc(NCC)nc1N. The van der Waals surface area contributed by atoms with E-state index in [2.05, 4.69) is 22.5 Å². The van der Waals surface area contributed by atoms with Gasteiger partial charge in [0.25, 0.3) is 5.91 Å². The third-order valence-corrected chi connectivity index (χ3v) is 3.56. The fraction of sp³-hybridized carbons (Fsp3) is 0.667. The zero-order chi connectivity index (χ0) is 14.3. The predicted octanol–water partition coefficient (Wildman–Crippen LogP) is 1.70. The molecule has 0 saturated heterocycles. The number of aromatic nitrogens is 1. The summed E-state index contributed by atoms with van der Waals surface area (Å²) in [7, 11) is 1.62. The minimum absolute atomic E-state index is 0.00610. The summed E-state index contributed by atoms with van der Waals surface area (Å²) in [6.45, 7) is 5.28. The average molecular weight is 286 g/mol. The molecule has 1 rings (SSSR count). The van der Waals surface area contributed by atoms with Crippen molar-refractivity contribution in [2.45, 2.75) is 32.7 Å². The number of hydrogen-bond donors (Lipinski definition) is 3. The summed E-state index contributed by atoms with van der Waals surface area (Å²) >= 11 is 1.27. The molecule has 0 aliphatic heterocycles. The molecule has 1 unspecified atom stereocenters. The summed E-state index contributed by atoms with van der Waals surface area (Å²) in [6.07, 6.45) is 1.85. The molecule has 0 aliphatic rings. The van der Waals surface area contributed by atoms with Crippen LogP contribution in [0.5, 0.6) is 0 Å². The minimum atomic E-state index is -0.186. The van der Waals surface area contributed by atoms with E-state index in [0.29, 0.717) is 16.6 Å². The second kappa shape index (κ2) is 7.96. The lowest BCUT2D eigenvalue weighted by atomic mass is 10.2. The average Bonchev–Trinajstić information content (AvgIpc) is 2.71. The highest BCUT2D eigenvalue weighted by Gasteiger charge is 2.19. The molecule has 0 aromatic carbocycles. The Balaban J connectivity index is 2.70. The van der Waals surface area contributed by atoms with Crippen molar-refractivity contribution in [2.24, 2.45) is 0 Å². The minimum Gasteiger partial charge on any atom is -0.383 e. The maximum absolute atomic E-state index is 12.1. The number of nitrogens with zero attached hydrogens (tertiary/aromatic N) is 1. The van der Waals surface area contributed by atoms with Crippen molar-refractivity contribution in [3.63, 3.8) is 0 Å². The van der Waals surface area contributed by atoms with Crippen molar-refractivity contribution in [2.75, 3.05) is 31.3 Å². The topological polar surface area (TPSA) is 89.3 Å². The van der Waals surface area contributed by atoms with Gasteiger partial charge in [-0.2, -0.15) is 0 Å². The van der Waals surface area contributed by atoms with Gasteiger partial charge in [-0.1, -0.05) is 24.7 Å². The van der Waals surface area contributed by atoms with E-state index in [0.717, 1.165) is 19.4 Å². The summed E-state index contributed by atoms with van der Waals surface area (Å²) in [4.78, 5) is 16.7. The summed E-state index contributed by atoms with van der Waals surface area (Å²) in [6, 6.07) is 0.00610. The number of amides is 1. The van der Waals surface area contributed by atoms with Crippen LogP contribution in [0.3, 0.4) is 0 Å². The number of ether oxygens (including phenoxy) is 1. The van der Waals surface area contributed by atoms with Gasteiger partial charge in [0.05, 0.1) is 12.6 Å². The molecule has 4 N–H and O–H groups in total. The van der Waals surface area contributed by atoms with E-state index in [1.807, 2.05) is 6.92 Å². The van der Waals surface area contributed by atoms with Crippen LogP contribution in [-0.2, 0) is 4.74 Å². The maximum atomic E-state index is 12.1. The van der Waals surface area contributed by atoms with Crippen LogP contribution in [0.15, 0.2) is 0 Å². The second-order valence-electron chi connectivity index (χ2n) is 4.18. The van der Waals surface area contributed by atoms with E-state index >= 15 is 0 Å². The fourth-order valence-electron chi connectivity index (χ4n) is 1.72. The molecule has 1 atom stereocenters. The van der Waals surface area contributed by atoms with Gasteiger partial charge in [-0.3, -0.25) is 4.79 Å². The van der Waals surface area contributed by atoms with Crippen LogP contribution in [0.25, 0.3) is 0 Å². The normalized spacial score (nSPS) is 12.2. The second-order valence-corrected chi connectivity index (χ2v) is 5.18. The quantitative estimate of drug-likeness (QED) is 0.677. The van der Waals surface area contributed by atoms with Gasteiger partial charge in [-0.05, 0) is 13.3 Å². The van der Waals surface area contributed by atoms with E-state index in [1.165, 1.54) is 11.3 Å². The van der Waals surface area contributed by atoms with Gasteiger partial charge in [0.15, 0.2) is 5.13 Å². The molecule has 1 heterocycles. The predicted molar refractivity (Wildman–Crippen MR) is 78.7 cm³/mol. The fourth-order valence-corrected chi connectivity index (χ4v) is 2.57. The van der Waals surface area contributed by atoms with Gasteiger partial charge >= 0.3 is 0 Å². The van der Waals surface area contributed by atoms with Gasteiger partial charge in [-0.15, -0.1) is 0 Å². The number of nitrogens with two attached hydrogens (primary N) is 1. The molecule has 6 nitrogen and oxygen atoms in total. The first-order valence-electron chi connectivity index (χ1n) is 6.42. The Hall–Kier alpha value is -1.34. The Bertz CT molecular complexity index is 402. The lowest BCUT2D eigenvalue weighted by Gasteiger charge is -2.16. The first kappa shape index (κ1) is 15.7. The highest BCUT2D eigenvalue weighted by molar-refractivity contribution is 7.18. The molecule has 0 bridgehead atoms. The number of thiazole rings is 1. The molecule has 108 valence electrons.